The van der Waals surface area contributed by atoms with Gasteiger partial charge in [0, 0.05) is 23.8 Å². The van der Waals surface area contributed by atoms with Gasteiger partial charge < -0.3 is 14.5 Å². The highest BCUT2D eigenvalue weighted by Crippen LogP contribution is 2.46. The second kappa shape index (κ2) is 11.1. The standard InChI is InChI=1S/C27H28ClN3O3S/c1-4-30(5-2)23(32)15-20-17-35-27-29-18(3)24(26(33)34-16-19-11-7-6-8-12-19)25(31(20)27)21-13-9-10-14-22(21)28/h6-14,17,25H,4-5,15-16H2,1-3H3. The number of allylic oxidation sites excluding steroid dienone is 1. The molecule has 0 fully saturated rings. The van der Waals surface area contributed by atoms with Gasteiger partial charge in [0.25, 0.3) is 0 Å². The Balaban J connectivity index is 1.70. The molecule has 8 heteroatoms. The Bertz CT molecular complexity index is 1210. The Morgan fingerprint density at radius 1 is 1.09 bits per heavy atom. The average molecular weight is 510 g/mol. The third-order valence-corrected chi connectivity index (χ3v) is 7.31. The third kappa shape index (κ3) is 5.31. The minimum absolute atomic E-state index is 0.0282. The van der Waals surface area contributed by atoms with E-state index >= 15 is 0 Å². The maximum Gasteiger partial charge on any atom is 0.338 e. The first kappa shape index (κ1) is 25.1. The molecule has 1 amide bonds. The van der Waals surface area contributed by atoms with Crippen molar-refractivity contribution >= 4 is 40.4 Å². The minimum Gasteiger partial charge on any atom is -0.457 e. The SMILES string of the molecule is CCN(CC)C(=O)CC1=CSC2=NC(C)=C(C(=O)OCc3ccccc3)C(c3ccccc3Cl)N12. The number of esters is 1. The van der Waals surface area contributed by atoms with Gasteiger partial charge in [0.1, 0.15) is 6.61 Å². The fourth-order valence-electron chi connectivity index (χ4n) is 4.27. The molecule has 35 heavy (non-hydrogen) atoms. The Kier molecular flexibility index (Phi) is 7.98. The Labute approximate surface area is 215 Å². The number of thioether (sulfide) groups is 1. The van der Waals surface area contributed by atoms with Crippen molar-refractivity contribution in [1.82, 2.24) is 9.80 Å². The number of rotatable bonds is 8. The summed E-state index contributed by atoms with van der Waals surface area (Å²) in [6, 6.07) is 16.5. The number of aliphatic imine (C=N–C) groups is 1. The van der Waals surface area contributed by atoms with Gasteiger partial charge in [0.15, 0.2) is 5.17 Å². The molecule has 0 saturated carbocycles. The summed E-state index contributed by atoms with van der Waals surface area (Å²) in [4.78, 5) is 34.9. The molecule has 2 heterocycles. The third-order valence-electron chi connectivity index (χ3n) is 6.08. The molecule has 1 unspecified atom stereocenters. The lowest BCUT2D eigenvalue weighted by atomic mass is 9.93. The van der Waals surface area contributed by atoms with E-state index in [1.54, 1.807) is 11.0 Å². The topological polar surface area (TPSA) is 62.2 Å². The first-order chi connectivity index (χ1) is 16.9. The van der Waals surface area contributed by atoms with Gasteiger partial charge in [-0.15, -0.1) is 0 Å². The van der Waals surface area contributed by atoms with E-state index < -0.39 is 12.0 Å². The maximum atomic E-state index is 13.5. The number of amidine groups is 1. The molecule has 182 valence electrons. The molecular weight excluding hydrogens is 482 g/mol. The number of ether oxygens (including phenoxy) is 1. The Morgan fingerprint density at radius 2 is 1.77 bits per heavy atom. The second-order valence-electron chi connectivity index (χ2n) is 8.22. The fourth-order valence-corrected chi connectivity index (χ4v) is 5.47. The van der Waals surface area contributed by atoms with Crippen LogP contribution in [0.4, 0.5) is 0 Å². The molecule has 1 atom stereocenters. The molecule has 2 aromatic rings. The van der Waals surface area contributed by atoms with Crippen LogP contribution in [0, 0.1) is 0 Å². The molecule has 0 saturated heterocycles. The van der Waals surface area contributed by atoms with Crippen molar-refractivity contribution in [3.05, 3.63) is 93.1 Å². The van der Waals surface area contributed by atoms with Gasteiger partial charge in [-0.05, 0) is 43.4 Å². The number of halogens is 1. The van der Waals surface area contributed by atoms with Crippen LogP contribution in [0.3, 0.4) is 0 Å². The fraction of sp³-hybridized carbons (Fsp3) is 0.296. The maximum absolute atomic E-state index is 13.5. The van der Waals surface area contributed by atoms with Crippen molar-refractivity contribution in [3.8, 4) is 0 Å². The van der Waals surface area contributed by atoms with Gasteiger partial charge in [-0.3, -0.25) is 4.79 Å². The van der Waals surface area contributed by atoms with Crippen LogP contribution in [0.25, 0.3) is 0 Å². The molecule has 0 aliphatic carbocycles. The van der Waals surface area contributed by atoms with E-state index in [-0.39, 0.29) is 18.9 Å². The zero-order chi connectivity index (χ0) is 24.9. The van der Waals surface area contributed by atoms with Crippen LogP contribution in [0.2, 0.25) is 5.02 Å². The molecule has 6 nitrogen and oxygen atoms in total. The van der Waals surface area contributed by atoms with Crippen LogP contribution in [0.1, 0.15) is 44.4 Å². The number of carbonyl (C=O) groups is 2. The van der Waals surface area contributed by atoms with Gasteiger partial charge in [-0.1, -0.05) is 71.9 Å². The summed E-state index contributed by atoms with van der Waals surface area (Å²) in [7, 11) is 0. The van der Waals surface area contributed by atoms with Crippen LogP contribution in [-0.4, -0.2) is 39.9 Å². The highest BCUT2D eigenvalue weighted by atomic mass is 35.5. The molecular formula is C27H28ClN3O3S. The van der Waals surface area contributed by atoms with E-state index in [1.165, 1.54) is 11.8 Å². The zero-order valence-electron chi connectivity index (χ0n) is 20.0. The van der Waals surface area contributed by atoms with Gasteiger partial charge in [0.05, 0.1) is 23.7 Å². The monoisotopic (exact) mass is 509 g/mol. The van der Waals surface area contributed by atoms with Crippen molar-refractivity contribution in [3.63, 3.8) is 0 Å². The number of carbonyl (C=O) groups excluding carboxylic acids is 2. The van der Waals surface area contributed by atoms with Crippen LogP contribution in [0.5, 0.6) is 0 Å². The number of hydrogen-bond donors (Lipinski definition) is 0. The smallest absolute Gasteiger partial charge is 0.338 e. The van der Waals surface area contributed by atoms with Gasteiger partial charge >= 0.3 is 5.97 Å². The van der Waals surface area contributed by atoms with E-state index in [4.69, 9.17) is 21.3 Å². The predicted octanol–water partition coefficient (Wildman–Crippen LogP) is 5.92. The normalized spacial score (nSPS) is 17.0. The summed E-state index contributed by atoms with van der Waals surface area (Å²) >= 11 is 8.09. The number of fused-ring (bicyclic) bond motifs is 1. The first-order valence-electron chi connectivity index (χ1n) is 11.6. The van der Waals surface area contributed by atoms with Crippen LogP contribution < -0.4 is 0 Å². The van der Waals surface area contributed by atoms with Gasteiger partial charge in [-0.2, -0.15) is 0 Å². The Morgan fingerprint density at radius 3 is 2.46 bits per heavy atom. The number of hydrogen-bond acceptors (Lipinski definition) is 6. The van der Waals surface area contributed by atoms with E-state index in [2.05, 4.69) is 0 Å². The average Bonchev–Trinajstić information content (AvgIpc) is 3.25. The van der Waals surface area contributed by atoms with E-state index in [9.17, 15) is 9.59 Å². The van der Waals surface area contributed by atoms with Crippen LogP contribution >= 0.6 is 23.4 Å². The van der Waals surface area contributed by atoms with Crippen molar-refractivity contribution in [2.45, 2.75) is 39.8 Å². The van der Waals surface area contributed by atoms with Crippen LogP contribution in [-0.2, 0) is 20.9 Å². The van der Waals surface area contributed by atoms with Crippen molar-refractivity contribution in [2.75, 3.05) is 13.1 Å². The molecule has 2 aromatic carbocycles. The number of benzene rings is 2. The lowest BCUT2D eigenvalue weighted by Gasteiger charge is -2.37. The zero-order valence-corrected chi connectivity index (χ0v) is 21.6. The van der Waals surface area contributed by atoms with Crippen LogP contribution in [0.15, 0.2) is 82.0 Å². The molecule has 0 aromatic heterocycles. The van der Waals surface area contributed by atoms with Crippen molar-refractivity contribution in [1.29, 1.82) is 0 Å². The molecule has 2 aliphatic heterocycles. The largest absolute Gasteiger partial charge is 0.457 e. The summed E-state index contributed by atoms with van der Waals surface area (Å²) in [6.45, 7) is 7.17. The van der Waals surface area contributed by atoms with Gasteiger partial charge in [0.2, 0.25) is 5.91 Å². The van der Waals surface area contributed by atoms with Crippen molar-refractivity contribution < 1.29 is 14.3 Å². The van der Waals surface area contributed by atoms with E-state index in [0.29, 0.717) is 29.4 Å². The predicted molar refractivity (Wildman–Crippen MR) is 141 cm³/mol. The summed E-state index contributed by atoms with van der Waals surface area (Å²) in [5.41, 5.74) is 3.45. The lowest BCUT2D eigenvalue weighted by Crippen LogP contribution is -2.39. The summed E-state index contributed by atoms with van der Waals surface area (Å²) < 4.78 is 5.73. The molecule has 0 bridgehead atoms. The highest BCUT2D eigenvalue weighted by molar-refractivity contribution is 8.16. The van der Waals surface area contributed by atoms with E-state index in [1.807, 2.05) is 79.6 Å². The molecule has 0 spiro atoms. The van der Waals surface area contributed by atoms with Gasteiger partial charge in [-0.25, -0.2) is 9.79 Å². The number of amides is 1. The van der Waals surface area contributed by atoms with E-state index in [0.717, 1.165) is 22.0 Å². The molecule has 4 rings (SSSR count). The van der Waals surface area contributed by atoms with Crippen molar-refractivity contribution in [2.24, 2.45) is 4.99 Å². The number of nitrogens with zero attached hydrogens (tertiary/aromatic N) is 3. The molecule has 0 N–H and O–H groups in total. The summed E-state index contributed by atoms with van der Waals surface area (Å²) in [5, 5.41) is 3.19. The quantitative estimate of drug-likeness (QED) is 0.413. The first-order valence-corrected chi connectivity index (χ1v) is 12.9. The lowest BCUT2D eigenvalue weighted by molar-refractivity contribution is -0.141. The molecule has 0 radical (unpaired) electrons. The Hall–Kier alpha value is -3.03. The summed E-state index contributed by atoms with van der Waals surface area (Å²) in [5.74, 6) is -0.425. The summed E-state index contributed by atoms with van der Waals surface area (Å²) in [6.07, 6.45) is 0.208. The minimum atomic E-state index is -0.551. The molecule has 2 aliphatic rings. The highest BCUT2D eigenvalue weighted by Gasteiger charge is 2.42. The second-order valence-corrected chi connectivity index (χ2v) is 9.46.